The second kappa shape index (κ2) is 12.3. The van der Waals surface area contributed by atoms with Gasteiger partial charge in [0, 0.05) is 34.3 Å². The Labute approximate surface area is 246 Å². The van der Waals surface area contributed by atoms with Crippen LogP contribution in [0.15, 0.2) is 36.5 Å². The minimum Gasteiger partial charge on any atom is -0.495 e. The summed E-state index contributed by atoms with van der Waals surface area (Å²) in [7, 11) is 3.47. The van der Waals surface area contributed by atoms with Gasteiger partial charge in [0.05, 0.1) is 26.0 Å². The molecule has 1 unspecified atom stereocenters. The van der Waals surface area contributed by atoms with Crippen LogP contribution in [0, 0.1) is 0 Å². The summed E-state index contributed by atoms with van der Waals surface area (Å²) < 4.78 is 58.6. The Morgan fingerprint density at radius 1 is 1.17 bits per heavy atom. The summed E-state index contributed by atoms with van der Waals surface area (Å²) in [4.78, 5) is 23.0. The van der Waals surface area contributed by atoms with E-state index < -0.39 is 17.6 Å². The number of hydrogen-bond donors (Lipinski definition) is 2. The van der Waals surface area contributed by atoms with Gasteiger partial charge < -0.3 is 29.7 Å². The minimum atomic E-state index is -4.77. The van der Waals surface area contributed by atoms with Crippen molar-refractivity contribution in [1.29, 1.82) is 0 Å². The van der Waals surface area contributed by atoms with Crippen molar-refractivity contribution in [2.24, 2.45) is 0 Å². The molecule has 1 amide bonds. The fraction of sp³-hybridized carbons (Fsp3) is 0.414. The third-order valence-electron chi connectivity index (χ3n) is 7.40. The van der Waals surface area contributed by atoms with Crippen molar-refractivity contribution in [2.75, 3.05) is 39.2 Å². The molecule has 224 valence electrons. The number of anilines is 2. The van der Waals surface area contributed by atoms with E-state index in [4.69, 9.17) is 25.8 Å². The van der Waals surface area contributed by atoms with Crippen molar-refractivity contribution in [1.82, 2.24) is 20.2 Å². The summed E-state index contributed by atoms with van der Waals surface area (Å²) in [6.45, 7) is 4.30. The first kappa shape index (κ1) is 29.9. The smallest absolute Gasteiger partial charge is 0.423 e. The van der Waals surface area contributed by atoms with Crippen LogP contribution in [0.2, 0.25) is 5.02 Å². The Balaban J connectivity index is 1.40. The highest BCUT2D eigenvalue weighted by molar-refractivity contribution is 6.31. The number of nitrogens with one attached hydrogen (secondary N) is 2. The molecule has 3 aromatic rings. The molecule has 1 fully saturated rings. The number of fused-ring (bicyclic) bond motifs is 1. The van der Waals surface area contributed by atoms with Crippen LogP contribution in [0.3, 0.4) is 0 Å². The van der Waals surface area contributed by atoms with Gasteiger partial charge in [0.2, 0.25) is 11.8 Å². The summed E-state index contributed by atoms with van der Waals surface area (Å²) >= 11 is 6.38. The van der Waals surface area contributed by atoms with Crippen molar-refractivity contribution in [3.8, 4) is 17.4 Å². The first-order valence-electron chi connectivity index (χ1n) is 13.5. The van der Waals surface area contributed by atoms with Crippen molar-refractivity contribution < 1.29 is 32.2 Å². The lowest BCUT2D eigenvalue weighted by Gasteiger charge is -2.29. The lowest BCUT2D eigenvalue weighted by Crippen LogP contribution is -2.43. The first-order chi connectivity index (χ1) is 20.0. The monoisotopic (exact) mass is 605 g/mol. The number of amides is 1. The van der Waals surface area contributed by atoms with Crippen LogP contribution in [0.4, 0.5) is 24.8 Å². The van der Waals surface area contributed by atoms with E-state index in [9.17, 15) is 18.0 Å². The zero-order chi connectivity index (χ0) is 30.0. The normalized spacial score (nSPS) is 17.8. The number of carbonyl (C=O) groups excluding carboxylic acids is 1. The zero-order valence-electron chi connectivity index (χ0n) is 23.3. The molecule has 1 saturated heterocycles. The van der Waals surface area contributed by atoms with E-state index >= 15 is 0 Å². The van der Waals surface area contributed by atoms with Gasteiger partial charge >= 0.3 is 6.18 Å². The molecule has 0 spiro atoms. The topological polar surface area (TPSA) is 97.8 Å². The summed E-state index contributed by atoms with van der Waals surface area (Å²) in [6, 6.07) is 7.89. The van der Waals surface area contributed by atoms with E-state index in [0.29, 0.717) is 34.6 Å². The van der Waals surface area contributed by atoms with Crippen molar-refractivity contribution in [3.05, 3.63) is 63.8 Å². The van der Waals surface area contributed by atoms with Crippen LogP contribution < -0.4 is 20.1 Å². The molecule has 0 aliphatic carbocycles. The molecule has 2 aliphatic heterocycles. The average molecular weight is 606 g/mol. The molecular weight excluding hydrogens is 575 g/mol. The predicted octanol–water partition coefficient (Wildman–Crippen LogP) is 6.15. The highest BCUT2D eigenvalue weighted by atomic mass is 35.5. The maximum absolute atomic E-state index is 13.9. The van der Waals surface area contributed by atoms with Gasteiger partial charge in [-0.05, 0) is 68.9 Å². The van der Waals surface area contributed by atoms with Gasteiger partial charge in [-0.2, -0.15) is 18.2 Å². The second-order valence-electron chi connectivity index (χ2n) is 10.5. The molecule has 13 heteroatoms. The van der Waals surface area contributed by atoms with Crippen LogP contribution >= 0.6 is 11.6 Å². The highest BCUT2D eigenvalue weighted by Gasteiger charge is 2.37. The lowest BCUT2D eigenvalue weighted by molar-refractivity contribution is -0.139. The number of nitrogens with zero attached hydrogens (tertiary/aromatic N) is 3. The van der Waals surface area contributed by atoms with E-state index in [0.717, 1.165) is 31.5 Å². The highest BCUT2D eigenvalue weighted by Crippen LogP contribution is 2.42. The molecule has 5 rings (SSSR count). The third-order valence-corrected chi connectivity index (χ3v) is 7.73. The Bertz CT molecular complexity index is 1460. The molecular formula is C29H31ClF3N5O4. The van der Waals surface area contributed by atoms with Crippen LogP contribution in [0.1, 0.15) is 52.7 Å². The number of hydrogen-bond acceptors (Lipinski definition) is 8. The number of rotatable bonds is 7. The number of piperidine rings is 1. The predicted molar refractivity (Wildman–Crippen MR) is 151 cm³/mol. The number of likely N-dealkylation sites (tertiary alicyclic amines) is 1. The van der Waals surface area contributed by atoms with Gasteiger partial charge in [0.15, 0.2) is 0 Å². The summed E-state index contributed by atoms with van der Waals surface area (Å²) in [5, 5.41) is 6.42. The second-order valence-corrected chi connectivity index (χ2v) is 10.9. The number of alkyl halides is 3. The third kappa shape index (κ3) is 6.55. The SMILES string of the molecule is COc1cc(C(=O)NC2CCN(C)CC2)ccc1Nc1ncc(C(F)(F)F)c(Oc2ccc(Cl)c3c2COCC3C)n1. The maximum atomic E-state index is 13.9. The molecule has 2 N–H and O–H groups in total. The van der Waals surface area contributed by atoms with Gasteiger partial charge in [-0.1, -0.05) is 18.5 Å². The Morgan fingerprint density at radius 2 is 1.93 bits per heavy atom. The molecule has 0 radical (unpaired) electrons. The number of methoxy groups -OCH3 is 1. The van der Waals surface area contributed by atoms with Crippen molar-refractivity contribution in [2.45, 2.75) is 44.5 Å². The standard InChI is InChI=1S/C29H31ClF3N5O4/c1-16-14-41-15-19-23(7-5-21(30)25(16)19)42-27-20(29(31,32)33)13-34-28(37-27)36-22-6-4-17(12-24(22)40-3)26(39)35-18-8-10-38(2)11-9-18/h4-7,12-13,16,18H,8-11,14-15H2,1-3H3,(H,35,39)(H,34,36,37). The molecule has 9 nitrogen and oxygen atoms in total. The lowest BCUT2D eigenvalue weighted by atomic mass is 9.94. The summed E-state index contributed by atoms with van der Waals surface area (Å²) in [5.74, 6) is -0.691. The molecule has 2 aliphatic rings. The number of aromatic nitrogens is 2. The molecule has 0 bridgehead atoms. The average Bonchev–Trinajstić information content (AvgIpc) is 2.95. The van der Waals surface area contributed by atoms with Gasteiger partial charge in [-0.15, -0.1) is 0 Å². The fourth-order valence-electron chi connectivity index (χ4n) is 5.10. The molecule has 42 heavy (non-hydrogen) atoms. The minimum absolute atomic E-state index is 0.0589. The Kier molecular flexibility index (Phi) is 8.76. The fourth-order valence-corrected chi connectivity index (χ4v) is 5.46. The van der Waals surface area contributed by atoms with E-state index in [1.165, 1.54) is 13.2 Å². The summed E-state index contributed by atoms with van der Waals surface area (Å²) in [6.07, 6.45) is -2.40. The number of ether oxygens (including phenoxy) is 3. The first-order valence-corrected chi connectivity index (χ1v) is 13.9. The number of benzene rings is 2. The van der Waals surface area contributed by atoms with Crippen LogP contribution in [-0.2, 0) is 17.5 Å². The van der Waals surface area contributed by atoms with E-state index in [-0.39, 0.29) is 41.9 Å². The van der Waals surface area contributed by atoms with Crippen LogP contribution in [0.25, 0.3) is 0 Å². The van der Waals surface area contributed by atoms with E-state index in [1.54, 1.807) is 24.3 Å². The Morgan fingerprint density at radius 3 is 2.64 bits per heavy atom. The molecule has 1 atom stereocenters. The van der Waals surface area contributed by atoms with E-state index in [1.807, 2.05) is 14.0 Å². The Hall–Kier alpha value is -3.61. The maximum Gasteiger partial charge on any atom is 0.423 e. The van der Waals surface area contributed by atoms with Gasteiger partial charge in [0.1, 0.15) is 17.1 Å². The number of halogens is 4. The largest absolute Gasteiger partial charge is 0.495 e. The molecule has 1 aromatic heterocycles. The summed E-state index contributed by atoms with van der Waals surface area (Å²) in [5.41, 5.74) is 0.932. The number of carbonyl (C=O) groups is 1. The zero-order valence-corrected chi connectivity index (χ0v) is 24.1. The van der Waals surface area contributed by atoms with Crippen LogP contribution in [0.5, 0.6) is 17.4 Å². The van der Waals surface area contributed by atoms with Crippen molar-refractivity contribution in [3.63, 3.8) is 0 Å². The van der Waals surface area contributed by atoms with Gasteiger partial charge in [0.25, 0.3) is 5.91 Å². The van der Waals surface area contributed by atoms with Gasteiger partial charge in [-0.25, -0.2) is 4.98 Å². The molecule has 2 aromatic carbocycles. The quantitative estimate of drug-likeness (QED) is 0.331. The van der Waals surface area contributed by atoms with Crippen LogP contribution in [-0.4, -0.2) is 60.7 Å². The van der Waals surface area contributed by atoms with Crippen molar-refractivity contribution >= 4 is 29.1 Å². The van der Waals surface area contributed by atoms with E-state index in [2.05, 4.69) is 25.5 Å². The van der Waals surface area contributed by atoms with Gasteiger partial charge in [-0.3, -0.25) is 4.79 Å². The molecule has 0 saturated carbocycles. The molecule has 3 heterocycles.